The minimum absolute atomic E-state index is 0.0279. The molecular formula is C18H15FN2O3. The lowest BCUT2D eigenvalue weighted by atomic mass is 10.1. The van der Waals surface area contributed by atoms with Gasteiger partial charge in [0.15, 0.2) is 0 Å². The molecule has 0 fully saturated rings. The van der Waals surface area contributed by atoms with Crippen molar-refractivity contribution < 1.29 is 18.8 Å². The largest absolute Gasteiger partial charge is 0.352 e. The molecule has 1 N–H and O–H groups in total. The van der Waals surface area contributed by atoms with Crippen molar-refractivity contribution >= 4 is 17.7 Å². The van der Waals surface area contributed by atoms with Crippen LogP contribution < -0.4 is 5.32 Å². The van der Waals surface area contributed by atoms with Gasteiger partial charge in [-0.2, -0.15) is 0 Å². The zero-order chi connectivity index (χ0) is 17.1. The van der Waals surface area contributed by atoms with Crippen molar-refractivity contribution in [1.29, 1.82) is 0 Å². The predicted molar refractivity (Wildman–Crippen MR) is 84.7 cm³/mol. The third-order valence-corrected chi connectivity index (χ3v) is 3.84. The Morgan fingerprint density at radius 1 is 1.00 bits per heavy atom. The molecular weight excluding hydrogens is 311 g/mol. The van der Waals surface area contributed by atoms with Crippen molar-refractivity contribution in [3.05, 3.63) is 71.0 Å². The van der Waals surface area contributed by atoms with Crippen molar-refractivity contribution in [3.8, 4) is 0 Å². The van der Waals surface area contributed by atoms with Crippen LogP contribution in [0.25, 0.3) is 0 Å². The molecule has 3 rings (SSSR count). The van der Waals surface area contributed by atoms with Crippen LogP contribution in [0.15, 0.2) is 48.5 Å². The number of hydrogen-bond acceptors (Lipinski definition) is 3. The molecule has 1 aliphatic heterocycles. The topological polar surface area (TPSA) is 66.5 Å². The summed E-state index contributed by atoms with van der Waals surface area (Å²) < 4.78 is 13.7. The molecule has 0 saturated heterocycles. The minimum Gasteiger partial charge on any atom is -0.352 e. The van der Waals surface area contributed by atoms with E-state index >= 15 is 0 Å². The monoisotopic (exact) mass is 326 g/mol. The van der Waals surface area contributed by atoms with Gasteiger partial charge in [0.25, 0.3) is 11.8 Å². The Morgan fingerprint density at radius 3 is 2.46 bits per heavy atom. The van der Waals surface area contributed by atoms with Crippen molar-refractivity contribution in [2.45, 2.75) is 13.0 Å². The Labute approximate surface area is 138 Å². The zero-order valence-corrected chi connectivity index (χ0v) is 12.8. The van der Waals surface area contributed by atoms with Crippen LogP contribution in [0.4, 0.5) is 4.39 Å². The lowest BCUT2D eigenvalue weighted by Crippen LogP contribution is -2.34. The molecule has 0 spiro atoms. The van der Waals surface area contributed by atoms with Crippen LogP contribution in [0.3, 0.4) is 0 Å². The predicted octanol–water partition coefficient (Wildman–Crippen LogP) is 2.13. The van der Waals surface area contributed by atoms with Gasteiger partial charge in [0, 0.05) is 19.5 Å². The highest BCUT2D eigenvalue weighted by Gasteiger charge is 2.37. The van der Waals surface area contributed by atoms with Crippen molar-refractivity contribution in [2.75, 3.05) is 6.54 Å². The molecule has 24 heavy (non-hydrogen) atoms. The average molecular weight is 326 g/mol. The highest BCUT2D eigenvalue weighted by molar-refractivity contribution is 6.21. The molecule has 2 aromatic rings. The second-order valence-electron chi connectivity index (χ2n) is 5.44. The van der Waals surface area contributed by atoms with Gasteiger partial charge in [0.05, 0.1) is 11.1 Å². The number of carbonyl (C=O) groups is 3. The van der Waals surface area contributed by atoms with Gasteiger partial charge in [0.2, 0.25) is 5.91 Å². The number of amides is 3. The molecule has 0 radical (unpaired) electrons. The standard InChI is InChI=1S/C18H15FN2O3/c19-14-8-4-7-13-16(14)18(24)21(17(13)23)10-9-15(22)20-11-12-5-2-1-3-6-12/h1-8H,9-11H2,(H,20,22). The fourth-order valence-corrected chi connectivity index (χ4v) is 2.59. The summed E-state index contributed by atoms with van der Waals surface area (Å²) >= 11 is 0. The van der Waals surface area contributed by atoms with E-state index in [9.17, 15) is 18.8 Å². The summed E-state index contributed by atoms with van der Waals surface area (Å²) in [6.45, 7) is 0.294. The number of benzene rings is 2. The number of hydrogen-bond donors (Lipinski definition) is 1. The highest BCUT2D eigenvalue weighted by Crippen LogP contribution is 2.25. The number of imide groups is 1. The Morgan fingerprint density at radius 2 is 1.75 bits per heavy atom. The van der Waals surface area contributed by atoms with Crippen molar-refractivity contribution in [2.24, 2.45) is 0 Å². The van der Waals surface area contributed by atoms with Crippen LogP contribution in [0.2, 0.25) is 0 Å². The molecule has 1 aliphatic rings. The summed E-state index contributed by atoms with van der Waals surface area (Å²) in [7, 11) is 0. The lowest BCUT2D eigenvalue weighted by Gasteiger charge is -2.13. The normalized spacial score (nSPS) is 13.1. The third-order valence-electron chi connectivity index (χ3n) is 3.84. The van der Waals surface area contributed by atoms with Gasteiger partial charge in [-0.1, -0.05) is 36.4 Å². The van der Waals surface area contributed by atoms with Gasteiger partial charge in [-0.15, -0.1) is 0 Å². The van der Waals surface area contributed by atoms with Crippen LogP contribution in [0.1, 0.15) is 32.7 Å². The first-order chi connectivity index (χ1) is 11.6. The maximum Gasteiger partial charge on any atom is 0.264 e. The molecule has 0 aromatic heterocycles. The summed E-state index contributed by atoms with van der Waals surface area (Å²) in [5.74, 6) is -2.26. The van der Waals surface area contributed by atoms with E-state index in [-0.39, 0.29) is 30.0 Å². The van der Waals surface area contributed by atoms with Crippen LogP contribution >= 0.6 is 0 Å². The smallest absolute Gasteiger partial charge is 0.264 e. The first-order valence-corrected chi connectivity index (χ1v) is 7.53. The van der Waals surface area contributed by atoms with E-state index in [2.05, 4.69) is 5.32 Å². The Balaban J connectivity index is 1.58. The number of halogens is 1. The second-order valence-corrected chi connectivity index (χ2v) is 5.44. The fourth-order valence-electron chi connectivity index (χ4n) is 2.59. The van der Waals surface area contributed by atoms with Crippen LogP contribution in [0, 0.1) is 5.82 Å². The van der Waals surface area contributed by atoms with E-state index in [4.69, 9.17) is 0 Å². The molecule has 2 aromatic carbocycles. The van der Waals surface area contributed by atoms with Crippen LogP contribution in [0.5, 0.6) is 0 Å². The van der Waals surface area contributed by atoms with Crippen LogP contribution in [-0.2, 0) is 11.3 Å². The molecule has 1 heterocycles. The van der Waals surface area contributed by atoms with Crippen molar-refractivity contribution in [3.63, 3.8) is 0 Å². The van der Waals surface area contributed by atoms with E-state index < -0.39 is 17.6 Å². The first-order valence-electron chi connectivity index (χ1n) is 7.53. The quantitative estimate of drug-likeness (QED) is 0.856. The average Bonchev–Trinajstić information content (AvgIpc) is 2.84. The molecule has 0 aliphatic carbocycles. The summed E-state index contributed by atoms with van der Waals surface area (Å²) in [5.41, 5.74) is 0.783. The number of rotatable bonds is 5. The SMILES string of the molecule is O=C(CCN1C(=O)c2cccc(F)c2C1=O)NCc1ccccc1. The first kappa shape index (κ1) is 15.9. The molecule has 6 heteroatoms. The Hall–Kier alpha value is -3.02. The van der Waals surface area contributed by atoms with E-state index in [1.54, 1.807) is 0 Å². The third kappa shape index (κ3) is 3.03. The van der Waals surface area contributed by atoms with Gasteiger partial charge >= 0.3 is 0 Å². The molecule has 5 nitrogen and oxygen atoms in total. The van der Waals surface area contributed by atoms with Crippen molar-refractivity contribution in [1.82, 2.24) is 10.2 Å². The number of nitrogens with one attached hydrogen (secondary N) is 1. The summed E-state index contributed by atoms with van der Waals surface area (Å²) in [6, 6.07) is 13.3. The number of fused-ring (bicyclic) bond motifs is 1. The molecule has 122 valence electrons. The maximum absolute atomic E-state index is 13.7. The van der Waals surface area contributed by atoms with Gasteiger partial charge in [-0.3, -0.25) is 19.3 Å². The Kier molecular flexibility index (Phi) is 4.37. The van der Waals surface area contributed by atoms with E-state index in [0.29, 0.717) is 6.54 Å². The van der Waals surface area contributed by atoms with E-state index in [0.717, 1.165) is 16.5 Å². The maximum atomic E-state index is 13.7. The molecule has 0 unspecified atom stereocenters. The van der Waals surface area contributed by atoms with Gasteiger partial charge in [0.1, 0.15) is 5.82 Å². The number of carbonyl (C=O) groups excluding carboxylic acids is 3. The zero-order valence-electron chi connectivity index (χ0n) is 12.8. The molecule has 3 amide bonds. The van der Waals surface area contributed by atoms with Crippen LogP contribution in [-0.4, -0.2) is 29.2 Å². The van der Waals surface area contributed by atoms with E-state index in [1.807, 2.05) is 30.3 Å². The minimum atomic E-state index is -0.720. The van der Waals surface area contributed by atoms with Gasteiger partial charge < -0.3 is 5.32 Å². The fraction of sp³-hybridized carbons (Fsp3) is 0.167. The molecule has 0 saturated carbocycles. The molecule has 0 atom stereocenters. The molecule has 0 bridgehead atoms. The highest BCUT2D eigenvalue weighted by atomic mass is 19.1. The van der Waals surface area contributed by atoms with Gasteiger partial charge in [-0.05, 0) is 17.7 Å². The number of nitrogens with zero attached hydrogens (tertiary/aromatic N) is 1. The van der Waals surface area contributed by atoms with Gasteiger partial charge in [-0.25, -0.2) is 4.39 Å². The summed E-state index contributed by atoms with van der Waals surface area (Å²) in [5, 5.41) is 2.72. The van der Waals surface area contributed by atoms with E-state index in [1.165, 1.54) is 12.1 Å². The second kappa shape index (κ2) is 6.62. The lowest BCUT2D eigenvalue weighted by molar-refractivity contribution is -0.121. The summed E-state index contributed by atoms with van der Waals surface area (Å²) in [4.78, 5) is 37.1. The summed E-state index contributed by atoms with van der Waals surface area (Å²) in [6.07, 6.45) is -0.0279. The Bertz CT molecular complexity index is 805.